The predicted octanol–water partition coefficient (Wildman–Crippen LogP) is 13.8. The predicted molar refractivity (Wildman–Crippen MR) is 259 cm³/mol. The number of furan rings is 2. The van der Waals surface area contributed by atoms with E-state index in [1.807, 2.05) is 0 Å². The molecule has 0 saturated carbocycles. The van der Waals surface area contributed by atoms with Crippen molar-refractivity contribution in [2.75, 3.05) is 0 Å². The first-order valence-corrected chi connectivity index (χ1v) is 23.1. The minimum absolute atomic E-state index is 0.205. The van der Waals surface area contributed by atoms with Crippen LogP contribution in [0.1, 0.15) is 96.0 Å². The minimum Gasteiger partial charge on any atom is -0.456 e. The SMILES string of the molecule is CC1CCCc2c3c(n(-c4ccc(-c5ccc6c7c(oc6c5)=CCC5C=7C=Cc6oc7cc(-c8ccc(-n9c%10c(c%11ccccc%119)CCC=C%10)cc8)ccc7c65)cc4)c21)C=CCC3. The average molecular weight is 815 g/mol. The summed E-state index contributed by atoms with van der Waals surface area (Å²) in [5, 5.41) is 4.94. The zero-order chi connectivity index (χ0) is 41.3. The van der Waals surface area contributed by atoms with Gasteiger partial charge in [0.1, 0.15) is 22.3 Å². The zero-order valence-electron chi connectivity index (χ0n) is 35.5. The summed E-state index contributed by atoms with van der Waals surface area (Å²) in [5.74, 6) is 1.75. The van der Waals surface area contributed by atoms with Crippen LogP contribution in [0.15, 0.2) is 136 Å². The molecule has 63 heavy (non-hydrogen) atoms. The molecule has 0 fully saturated rings. The Bertz CT molecular complexity index is 3630. The molecule has 4 nitrogen and oxygen atoms in total. The molecule has 14 rings (SSSR count). The largest absolute Gasteiger partial charge is 0.456 e. The van der Waals surface area contributed by atoms with E-state index in [2.05, 4.69) is 168 Å². The molecule has 0 spiro atoms. The fourth-order valence-corrected chi connectivity index (χ4v) is 12.2. The van der Waals surface area contributed by atoms with E-state index in [1.165, 1.54) is 108 Å². The maximum Gasteiger partial charge on any atom is 0.136 e. The highest BCUT2D eigenvalue weighted by atomic mass is 16.3. The molecule has 9 aromatic rings. The zero-order valence-corrected chi connectivity index (χ0v) is 35.5. The van der Waals surface area contributed by atoms with E-state index in [4.69, 9.17) is 8.83 Å². The van der Waals surface area contributed by atoms with Crippen LogP contribution in [-0.2, 0) is 19.3 Å². The summed E-state index contributed by atoms with van der Waals surface area (Å²) in [6.07, 6.45) is 25.2. The summed E-state index contributed by atoms with van der Waals surface area (Å²) < 4.78 is 18.3. The number of para-hydroxylation sites is 1. The number of allylic oxidation sites excluding steroid dienone is 3. The standard InChI is InChI=1S/C59H46N2O2/c1-35-9-8-13-47-44-12-4-7-16-52(44)61(59(35)47)41-25-19-37(20-26-41)39-22-28-49-56(34-39)63-54-32-30-45-46(58(49)54)29-31-53-57(45)48-27-21-38(33-55(48)62-53)36-17-23-40(24-18-36)60-50-14-5-2-10-42(50)43-11-3-6-15-51(43)60/h2,5-7,10,14-29,31-35,45H,3-4,8-9,11-13,30H2,1H3. The lowest BCUT2D eigenvalue weighted by Crippen LogP contribution is -2.29. The van der Waals surface area contributed by atoms with Crippen LogP contribution in [0.2, 0.25) is 0 Å². The summed E-state index contributed by atoms with van der Waals surface area (Å²) in [6, 6.07) is 40.6. The molecule has 5 aromatic carbocycles. The first-order chi connectivity index (χ1) is 31.1. The van der Waals surface area contributed by atoms with Gasteiger partial charge in [-0.3, -0.25) is 0 Å². The Kier molecular flexibility index (Phi) is 7.60. The molecule has 304 valence electrons. The van der Waals surface area contributed by atoms with Crippen LogP contribution in [0.3, 0.4) is 0 Å². The Balaban J connectivity index is 0.780. The maximum absolute atomic E-state index is 6.67. The molecule has 0 N–H and O–H groups in total. The van der Waals surface area contributed by atoms with Crippen molar-refractivity contribution in [2.24, 2.45) is 0 Å². The van der Waals surface area contributed by atoms with Crippen LogP contribution in [-0.4, -0.2) is 9.13 Å². The number of aromatic nitrogens is 2. The lowest BCUT2D eigenvalue weighted by Gasteiger charge is -2.23. The summed E-state index contributed by atoms with van der Waals surface area (Å²) in [5.41, 5.74) is 22.8. The van der Waals surface area contributed by atoms with Crippen LogP contribution in [0.4, 0.5) is 0 Å². The van der Waals surface area contributed by atoms with Crippen molar-refractivity contribution < 1.29 is 8.83 Å². The van der Waals surface area contributed by atoms with E-state index in [-0.39, 0.29) is 5.92 Å². The lowest BCUT2D eigenvalue weighted by molar-refractivity contribution is 0.567. The molecule has 0 bridgehead atoms. The van der Waals surface area contributed by atoms with Crippen LogP contribution in [0, 0.1) is 0 Å². The molecule has 5 aliphatic carbocycles. The number of fused-ring (bicyclic) bond motifs is 14. The third kappa shape index (κ3) is 5.21. The van der Waals surface area contributed by atoms with Crippen molar-refractivity contribution in [1.29, 1.82) is 0 Å². The summed E-state index contributed by atoms with van der Waals surface area (Å²) >= 11 is 0. The van der Waals surface area contributed by atoms with Gasteiger partial charge in [-0.1, -0.05) is 85.8 Å². The molecule has 4 aromatic heterocycles. The summed E-state index contributed by atoms with van der Waals surface area (Å²) in [6.45, 7) is 2.42. The topological polar surface area (TPSA) is 36.1 Å². The number of benzene rings is 5. The number of nitrogens with zero attached hydrogens (tertiary/aromatic N) is 2. The molecule has 2 unspecified atom stereocenters. The molecular formula is C59H46N2O2. The van der Waals surface area contributed by atoms with E-state index in [0.29, 0.717) is 5.92 Å². The highest BCUT2D eigenvalue weighted by Gasteiger charge is 2.31. The van der Waals surface area contributed by atoms with E-state index < -0.39 is 0 Å². The monoisotopic (exact) mass is 814 g/mol. The Hall–Kier alpha value is -7.04. The van der Waals surface area contributed by atoms with Gasteiger partial charge >= 0.3 is 0 Å². The summed E-state index contributed by atoms with van der Waals surface area (Å²) in [4.78, 5) is 0. The van der Waals surface area contributed by atoms with Gasteiger partial charge in [-0.25, -0.2) is 0 Å². The second-order valence-electron chi connectivity index (χ2n) is 18.5. The molecule has 0 amide bonds. The second kappa shape index (κ2) is 13.5. The maximum atomic E-state index is 6.67. The van der Waals surface area contributed by atoms with Crippen molar-refractivity contribution in [3.05, 3.63) is 183 Å². The molecule has 0 saturated heterocycles. The van der Waals surface area contributed by atoms with Crippen molar-refractivity contribution in [2.45, 2.75) is 70.1 Å². The molecular weight excluding hydrogens is 769 g/mol. The first-order valence-electron chi connectivity index (χ1n) is 23.1. The fourth-order valence-electron chi connectivity index (χ4n) is 12.2. The van der Waals surface area contributed by atoms with Crippen molar-refractivity contribution in [3.8, 4) is 33.6 Å². The fraction of sp³-hybridized carbons (Fsp3) is 0.186. The van der Waals surface area contributed by atoms with Gasteiger partial charge in [0.25, 0.3) is 0 Å². The van der Waals surface area contributed by atoms with Crippen LogP contribution >= 0.6 is 0 Å². The van der Waals surface area contributed by atoms with Gasteiger partial charge in [-0.05, 0) is 175 Å². The van der Waals surface area contributed by atoms with Gasteiger partial charge in [0.2, 0.25) is 0 Å². The normalized spacial score (nSPS) is 18.3. The van der Waals surface area contributed by atoms with Gasteiger partial charge in [0.05, 0.1) is 5.52 Å². The molecule has 0 aliphatic heterocycles. The van der Waals surface area contributed by atoms with Crippen molar-refractivity contribution in [1.82, 2.24) is 9.13 Å². The van der Waals surface area contributed by atoms with Gasteiger partial charge < -0.3 is 18.0 Å². The Labute approximate surface area is 366 Å². The second-order valence-corrected chi connectivity index (χ2v) is 18.5. The van der Waals surface area contributed by atoms with Crippen LogP contribution in [0.5, 0.6) is 0 Å². The van der Waals surface area contributed by atoms with Gasteiger partial charge in [-0.15, -0.1) is 0 Å². The van der Waals surface area contributed by atoms with E-state index in [1.54, 1.807) is 11.1 Å². The Morgan fingerprint density at radius 3 is 2.02 bits per heavy atom. The number of hydrogen-bond donors (Lipinski definition) is 0. The van der Waals surface area contributed by atoms with Crippen LogP contribution in [0.25, 0.3) is 96.3 Å². The summed E-state index contributed by atoms with van der Waals surface area (Å²) in [7, 11) is 0. The number of aryl methyl sites for hydroxylation is 1. The highest BCUT2D eigenvalue weighted by molar-refractivity contribution is 5.97. The smallest absolute Gasteiger partial charge is 0.136 e. The third-order valence-corrected chi connectivity index (χ3v) is 15.0. The minimum atomic E-state index is 0.205. The Morgan fingerprint density at radius 2 is 1.24 bits per heavy atom. The van der Waals surface area contributed by atoms with Gasteiger partial charge in [0.15, 0.2) is 0 Å². The molecule has 2 atom stereocenters. The molecule has 0 radical (unpaired) electrons. The lowest BCUT2D eigenvalue weighted by atomic mass is 9.79. The van der Waals surface area contributed by atoms with E-state index in [0.717, 1.165) is 60.0 Å². The average Bonchev–Trinajstić information content (AvgIpc) is 4.09. The van der Waals surface area contributed by atoms with E-state index in [9.17, 15) is 0 Å². The first kappa shape index (κ1) is 35.5. The van der Waals surface area contributed by atoms with E-state index >= 15 is 0 Å². The van der Waals surface area contributed by atoms with Crippen molar-refractivity contribution >= 4 is 62.7 Å². The van der Waals surface area contributed by atoms with Crippen LogP contribution < -0.4 is 10.6 Å². The molecule has 4 heteroatoms. The third-order valence-electron chi connectivity index (χ3n) is 15.0. The highest BCUT2D eigenvalue weighted by Crippen LogP contribution is 2.46. The van der Waals surface area contributed by atoms with Gasteiger partial charge in [0, 0.05) is 61.3 Å². The molecule has 4 heterocycles. The molecule has 5 aliphatic rings. The van der Waals surface area contributed by atoms with Crippen molar-refractivity contribution in [3.63, 3.8) is 0 Å². The number of hydrogen-bond acceptors (Lipinski definition) is 2. The Morgan fingerprint density at radius 1 is 0.571 bits per heavy atom. The number of rotatable bonds is 4. The quantitative estimate of drug-likeness (QED) is 0.177. The van der Waals surface area contributed by atoms with Gasteiger partial charge in [-0.2, -0.15) is 0 Å².